The van der Waals surface area contributed by atoms with Gasteiger partial charge in [0, 0.05) is 38.8 Å². The van der Waals surface area contributed by atoms with Crippen LogP contribution in [-0.4, -0.2) is 66.4 Å². The third kappa shape index (κ3) is 4.75. The molecular weight excluding hydrogens is 312 g/mol. The van der Waals surface area contributed by atoms with Crippen LogP contribution >= 0.6 is 0 Å². The molecule has 4 nitrogen and oxygen atoms in total. The molecule has 2 fully saturated rings. The van der Waals surface area contributed by atoms with E-state index in [9.17, 15) is 5.11 Å². The number of ether oxygens (including phenoxy) is 1. The standard InChI is InChI=1S/C21H34N2O2/c1-16-8-9-17(2)21(18(16)3)25-15-20(24)14-22-10-12-23(13-11-22)19-6-4-5-7-19/h8-9,19-20,24H,4-7,10-15H2,1-3H3. The van der Waals surface area contributed by atoms with Gasteiger partial charge in [0.2, 0.25) is 0 Å². The lowest BCUT2D eigenvalue weighted by Crippen LogP contribution is -2.51. The highest BCUT2D eigenvalue weighted by atomic mass is 16.5. The molecule has 1 aromatic rings. The van der Waals surface area contributed by atoms with Gasteiger partial charge in [0.15, 0.2) is 0 Å². The molecule has 1 aliphatic carbocycles. The number of aliphatic hydroxyl groups excluding tert-OH is 1. The van der Waals surface area contributed by atoms with Gasteiger partial charge in [-0.1, -0.05) is 25.0 Å². The van der Waals surface area contributed by atoms with E-state index in [1.54, 1.807) is 0 Å². The third-order valence-electron chi connectivity index (χ3n) is 6.01. The summed E-state index contributed by atoms with van der Waals surface area (Å²) in [7, 11) is 0. The fourth-order valence-electron chi connectivity index (χ4n) is 4.26. The van der Waals surface area contributed by atoms with E-state index in [4.69, 9.17) is 4.74 Å². The van der Waals surface area contributed by atoms with E-state index in [1.807, 2.05) is 0 Å². The van der Waals surface area contributed by atoms with Crippen LogP contribution in [0.1, 0.15) is 42.4 Å². The Labute approximate surface area is 152 Å². The summed E-state index contributed by atoms with van der Waals surface area (Å²) < 4.78 is 5.97. The van der Waals surface area contributed by atoms with E-state index in [2.05, 4.69) is 42.7 Å². The number of aliphatic hydroxyl groups is 1. The van der Waals surface area contributed by atoms with Crippen molar-refractivity contribution in [2.75, 3.05) is 39.3 Å². The Morgan fingerprint density at radius 3 is 2.36 bits per heavy atom. The van der Waals surface area contributed by atoms with Gasteiger partial charge in [0.25, 0.3) is 0 Å². The smallest absolute Gasteiger partial charge is 0.125 e. The topological polar surface area (TPSA) is 35.9 Å². The van der Waals surface area contributed by atoms with Crippen molar-refractivity contribution in [2.24, 2.45) is 0 Å². The normalized spacial score (nSPS) is 21.6. The highest BCUT2D eigenvalue weighted by Gasteiger charge is 2.26. The highest BCUT2D eigenvalue weighted by Crippen LogP contribution is 2.26. The lowest BCUT2D eigenvalue weighted by Gasteiger charge is -2.38. The fraction of sp³-hybridized carbons (Fsp3) is 0.714. The molecule has 0 bridgehead atoms. The summed E-state index contributed by atoms with van der Waals surface area (Å²) in [5.74, 6) is 0.935. The van der Waals surface area contributed by atoms with Crippen molar-refractivity contribution in [3.63, 3.8) is 0 Å². The molecule has 4 heteroatoms. The van der Waals surface area contributed by atoms with Crippen molar-refractivity contribution in [3.05, 3.63) is 28.8 Å². The Kier molecular flexibility index (Phi) is 6.37. The molecule has 0 radical (unpaired) electrons. The first-order chi connectivity index (χ1) is 12.0. The van der Waals surface area contributed by atoms with Crippen LogP contribution in [0.5, 0.6) is 5.75 Å². The molecule has 2 aliphatic rings. The predicted molar refractivity (Wildman–Crippen MR) is 102 cm³/mol. The molecule has 25 heavy (non-hydrogen) atoms. The fourth-order valence-corrected chi connectivity index (χ4v) is 4.26. The molecule has 1 N–H and O–H groups in total. The number of hydrogen-bond donors (Lipinski definition) is 1. The quantitative estimate of drug-likeness (QED) is 0.859. The van der Waals surface area contributed by atoms with Gasteiger partial charge >= 0.3 is 0 Å². The molecule has 0 spiro atoms. The second-order valence-electron chi connectivity index (χ2n) is 7.89. The second kappa shape index (κ2) is 8.52. The maximum Gasteiger partial charge on any atom is 0.125 e. The molecule has 140 valence electrons. The lowest BCUT2D eigenvalue weighted by atomic mass is 10.1. The van der Waals surface area contributed by atoms with Gasteiger partial charge in [0.1, 0.15) is 18.5 Å². The minimum atomic E-state index is -0.433. The summed E-state index contributed by atoms with van der Waals surface area (Å²) in [6.07, 6.45) is 5.13. The highest BCUT2D eigenvalue weighted by molar-refractivity contribution is 5.44. The van der Waals surface area contributed by atoms with Gasteiger partial charge in [0.05, 0.1) is 0 Å². The zero-order valence-corrected chi connectivity index (χ0v) is 16.1. The monoisotopic (exact) mass is 346 g/mol. The van der Waals surface area contributed by atoms with E-state index < -0.39 is 6.10 Å². The molecule has 1 aliphatic heterocycles. The third-order valence-corrected chi connectivity index (χ3v) is 6.01. The maximum absolute atomic E-state index is 10.4. The Morgan fingerprint density at radius 2 is 1.68 bits per heavy atom. The minimum absolute atomic E-state index is 0.369. The molecule has 1 unspecified atom stereocenters. The molecule has 1 saturated heterocycles. The average Bonchev–Trinajstić information content (AvgIpc) is 3.13. The van der Waals surface area contributed by atoms with Crippen molar-refractivity contribution >= 4 is 0 Å². The lowest BCUT2D eigenvalue weighted by molar-refractivity contribution is 0.0367. The average molecular weight is 347 g/mol. The zero-order valence-electron chi connectivity index (χ0n) is 16.1. The number of piperazine rings is 1. The molecular formula is C21H34N2O2. The van der Waals surface area contributed by atoms with Crippen LogP contribution in [0, 0.1) is 20.8 Å². The molecule has 1 saturated carbocycles. The number of nitrogens with zero attached hydrogens (tertiary/aromatic N) is 2. The van der Waals surface area contributed by atoms with Gasteiger partial charge in [-0.15, -0.1) is 0 Å². The Hall–Kier alpha value is -1.10. The van der Waals surface area contributed by atoms with E-state index in [1.165, 1.54) is 36.8 Å². The summed E-state index contributed by atoms with van der Waals surface area (Å²) in [5.41, 5.74) is 3.55. The SMILES string of the molecule is Cc1ccc(C)c(OCC(O)CN2CCN(C3CCCC3)CC2)c1C. The molecule has 1 heterocycles. The van der Waals surface area contributed by atoms with E-state index in [-0.39, 0.29) is 0 Å². The van der Waals surface area contributed by atoms with Gasteiger partial charge < -0.3 is 9.84 Å². The van der Waals surface area contributed by atoms with Crippen LogP contribution in [0.15, 0.2) is 12.1 Å². The molecule has 1 aromatic carbocycles. The van der Waals surface area contributed by atoms with Crippen molar-refractivity contribution in [2.45, 2.75) is 58.6 Å². The number of β-amino-alcohol motifs (C(OH)–C–C–N with tert-alkyl or cyclic N) is 1. The first-order valence-electron chi connectivity index (χ1n) is 9.88. The first kappa shape index (κ1) is 18.7. The van der Waals surface area contributed by atoms with Crippen molar-refractivity contribution in [1.29, 1.82) is 0 Å². The first-order valence-corrected chi connectivity index (χ1v) is 9.88. The maximum atomic E-state index is 10.4. The van der Waals surface area contributed by atoms with Gasteiger partial charge in [-0.3, -0.25) is 9.80 Å². The Bertz CT molecular complexity index is 561. The summed E-state index contributed by atoms with van der Waals surface area (Å²) in [6.45, 7) is 11.8. The van der Waals surface area contributed by atoms with Crippen LogP contribution in [0.3, 0.4) is 0 Å². The van der Waals surface area contributed by atoms with Gasteiger partial charge in [-0.25, -0.2) is 0 Å². The van der Waals surface area contributed by atoms with Crippen molar-refractivity contribution in [3.8, 4) is 5.75 Å². The number of aryl methyl sites for hydroxylation is 2. The molecule has 0 aromatic heterocycles. The Balaban J connectivity index is 1.43. The van der Waals surface area contributed by atoms with Gasteiger partial charge in [-0.05, 0) is 50.3 Å². The minimum Gasteiger partial charge on any atom is -0.490 e. The Morgan fingerprint density at radius 1 is 1.04 bits per heavy atom. The number of rotatable bonds is 6. The summed E-state index contributed by atoms with van der Waals surface area (Å²) in [6, 6.07) is 5.03. The number of hydrogen-bond acceptors (Lipinski definition) is 4. The molecule has 1 atom stereocenters. The summed E-state index contributed by atoms with van der Waals surface area (Å²) >= 11 is 0. The van der Waals surface area contributed by atoms with Gasteiger partial charge in [-0.2, -0.15) is 0 Å². The summed E-state index contributed by atoms with van der Waals surface area (Å²) in [4.78, 5) is 5.04. The predicted octanol–water partition coefficient (Wildman–Crippen LogP) is 2.91. The van der Waals surface area contributed by atoms with Crippen molar-refractivity contribution in [1.82, 2.24) is 9.80 Å². The largest absolute Gasteiger partial charge is 0.490 e. The molecule has 0 amide bonds. The van der Waals surface area contributed by atoms with Crippen LogP contribution < -0.4 is 4.74 Å². The van der Waals surface area contributed by atoms with Crippen LogP contribution in [-0.2, 0) is 0 Å². The van der Waals surface area contributed by atoms with E-state index in [0.29, 0.717) is 13.2 Å². The second-order valence-corrected chi connectivity index (χ2v) is 7.89. The zero-order chi connectivity index (χ0) is 17.8. The van der Waals surface area contributed by atoms with Crippen molar-refractivity contribution < 1.29 is 9.84 Å². The van der Waals surface area contributed by atoms with Crippen LogP contribution in [0.2, 0.25) is 0 Å². The van der Waals surface area contributed by atoms with Crippen LogP contribution in [0.25, 0.3) is 0 Å². The van der Waals surface area contributed by atoms with Crippen LogP contribution in [0.4, 0.5) is 0 Å². The molecule has 3 rings (SSSR count). The van der Waals surface area contributed by atoms with E-state index in [0.717, 1.165) is 43.5 Å². The summed E-state index contributed by atoms with van der Waals surface area (Å²) in [5, 5.41) is 10.4. The van der Waals surface area contributed by atoms with E-state index >= 15 is 0 Å². The number of benzene rings is 1.